The van der Waals surface area contributed by atoms with Crippen molar-refractivity contribution in [1.29, 1.82) is 0 Å². The fourth-order valence-electron chi connectivity index (χ4n) is 2.64. The van der Waals surface area contributed by atoms with E-state index in [4.69, 9.17) is 0 Å². The van der Waals surface area contributed by atoms with Crippen molar-refractivity contribution < 1.29 is 13.2 Å². The van der Waals surface area contributed by atoms with Gasteiger partial charge in [-0.25, -0.2) is 8.42 Å². The summed E-state index contributed by atoms with van der Waals surface area (Å²) in [5.74, 6) is -0.148. The topological polar surface area (TPSA) is 66.5 Å². The maximum Gasteiger partial charge on any atom is 0.251 e. The van der Waals surface area contributed by atoms with E-state index in [9.17, 15) is 13.2 Å². The summed E-state index contributed by atoms with van der Waals surface area (Å²) in [4.78, 5) is 12.5. The second kappa shape index (κ2) is 8.36. The molecule has 1 amide bonds. The van der Waals surface area contributed by atoms with Gasteiger partial charge in [-0.05, 0) is 50.1 Å². The Hall–Kier alpha value is -2.34. The smallest absolute Gasteiger partial charge is 0.251 e. The fourth-order valence-corrected chi connectivity index (χ4v) is 3.47. The molecule has 0 saturated heterocycles. The molecule has 1 atom stereocenters. The summed E-state index contributed by atoms with van der Waals surface area (Å²) < 4.78 is 25.1. The first-order valence-electron chi connectivity index (χ1n) is 8.72. The van der Waals surface area contributed by atoms with Crippen molar-refractivity contribution in [2.24, 2.45) is 0 Å². The highest BCUT2D eigenvalue weighted by Crippen LogP contribution is 2.20. The number of carbonyl (C=O) groups is 1. The van der Waals surface area contributed by atoms with Gasteiger partial charge in [0.05, 0.1) is 17.5 Å². The fraction of sp³-hybridized carbons (Fsp3) is 0.350. The molecule has 0 aliphatic carbocycles. The van der Waals surface area contributed by atoms with Crippen LogP contribution in [-0.2, 0) is 10.0 Å². The molecule has 0 spiro atoms. The van der Waals surface area contributed by atoms with E-state index in [0.29, 0.717) is 11.3 Å². The summed E-state index contributed by atoms with van der Waals surface area (Å²) in [6, 6.07) is 14.6. The first-order chi connectivity index (χ1) is 12.3. The maximum absolute atomic E-state index is 12.5. The van der Waals surface area contributed by atoms with Crippen LogP contribution in [0.15, 0.2) is 48.5 Å². The number of hydrogen-bond acceptors (Lipinski definition) is 3. The van der Waals surface area contributed by atoms with E-state index in [1.54, 1.807) is 31.2 Å². The third-order valence-corrected chi connectivity index (χ3v) is 6.24. The van der Waals surface area contributed by atoms with E-state index in [1.165, 1.54) is 16.9 Å². The first kappa shape index (κ1) is 20.0. The third kappa shape index (κ3) is 4.64. The lowest BCUT2D eigenvalue weighted by Gasteiger charge is -2.20. The van der Waals surface area contributed by atoms with Gasteiger partial charge in [-0.3, -0.25) is 9.10 Å². The standard InChI is InChI=1S/C20H26N2O3S/c1-5-19(16-9-7-15(3)8-10-16)21-20(23)17-11-13-18(14-12-17)22(4)26(24,25)6-2/h7-14,19H,5-6H2,1-4H3,(H,21,23)/t19-/m1/s1. The number of rotatable bonds is 7. The van der Waals surface area contributed by atoms with Crippen LogP contribution in [0.2, 0.25) is 0 Å². The van der Waals surface area contributed by atoms with E-state index in [2.05, 4.69) is 5.32 Å². The Balaban J connectivity index is 2.13. The minimum Gasteiger partial charge on any atom is -0.345 e. The summed E-state index contributed by atoms with van der Waals surface area (Å²) in [5.41, 5.74) is 3.28. The van der Waals surface area contributed by atoms with Crippen molar-refractivity contribution in [2.75, 3.05) is 17.1 Å². The molecule has 1 N–H and O–H groups in total. The zero-order valence-corrected chi connectivity index (χ0v) is 16.5. The van der Waals surface area contributed by atoms with Crippen molar-refractivity contribution in [2.45, 2.75) is 33.2 Å². The molecule has 140 valence electrons. The molecule has 0 bridgehead atoms. The molecule has 0 saturated carbocycles. The van der Waals surface area contributed by atoms with Gasteiger partial charge in [-0.1, -0.05) is 36.8 Å². The molecule has 6 heteroatoms. The molecule has 0 aromatic heterocycles. The normalized spacial score (nSPS) is 12.5. The summed E-state index contributed by atoms with van der Waals surface area (Å²) in [6.45, 7) is 5.66. The number of nitrogens with one attached hydrogen (secondary N) is 1. The lowest BCUT2D eigenvalue weighted by atomic mass is 10.0. The zero-order chi connectivity index (χ0) is 19.3. The van der Waals surface area contributed by atoms with Crippen LogP contribution in [0.4, 0.5) is 5.69 Å². The summed E-state index contributed by atoms with van der Waals surface area (Å²) in [5, 5.41) is 3.04. The van der Waals surface area contributed by atoms with Crippen LogP contribution < -0.4 is 9.62 Å². The Morgan fingerprint density at radius 1 is 1.04 bits per heavy atom. The van der Waals surface area contributed by atoms with Crippen molar-refractivity contribution in [3.63, 3.8) is 0 Å². The molecule has 0 aliphatic heterocycles. The van der Waals surface area contributed by atoms with Gasteiger partial charge in [0.15, 0.2) is 0 Å². The Morgan fingerprint density at radius 3 is 2.12 bits per heavy atom. The number of aryl methyl sites for hydroxylation is 1. The molecular weight excluding hydrogens is 348 g/mol. The second-order valence-electron chi connectivity index (χ2n) is 6.26. The van der Waals surface area contributed by atoms with E-state index in [0.717, 1.165) is 12.0 Å². The van der Waals surface area contributed by atoms with E-state index in [1.807, 2.05) is 38.1 Å². The molecule has 0 fully saturated rings. The van der Waals surface area contributed by atoms with E-state index in [-0.39, 0.29) is 17.7 Å². The number of anilines is 1. The summed E-state index contributed by atoms with van der Waals surface area (Å²) in [6.07, 6.45) is 0.782. The SMILES string of the molecule is CC[C@@H](NC(=O)c1ccc(N(C)S(=O)(=O)CC)cc1)c1ccc(C)cc1. The van der Waals surface area contributed by atoms with Crippen molar-refractivity contribution in [3.05, 3.63) is 65.2 Å². The Kier molecular flexibility index (Phi) is 6.42. The lowest BCUT2D eigenvalue weighted by Crippen LogP contribution is -2.29. The molecule has 0 heterocycles. The second-order valence-corrected chi connectivity index (χ2v) is 8.55. The van der Waals surface area contributed by atoms with Gasteiger partial charge >= 0.3 is 0 Å². The highest BCUT2D eigenvalue weighted by atomic mass is 32.2. The van der Waals surface area contributed by atoms with Crippen LogP contribution in [0.1, 0.15) is 47.8 Å². The third-order valence-electron chi connectivity index (χ3n) is 4.47. The molecule has 5 nitrogen and oxygen atoms in total. The molecular formula is C20H26N2O3S. The summed E-state index contributed by atoms with van der Waals surface area (Å²) in [7, 11) is -1.80. The van der Waals surface area contributed by atoms with Crippen LogP contribution in [0, 0.1) is 6.92 Å². The Labute approximate surface area is 156 Å². The Bertz CT molecular complexity index is 844. The number of benzene rings is 2. The van der Waals surface area contributed by atoms with Crippen molar-refractivity contribution >= 4 is 21.6 Å². The zero-order valence-electron chi connectivity index (χ0n) is 15.7. The lowest BCUT2D eigenvalue weighted by molar-refractivity contribution is 0.0935. The van der Waals surface area contributed by atoms with Gasteiger partial charge in [0.1, 0.15) is 0 Å². The van der Waals surface area contributed by atoms with E-state index >= 15 is 0 Å². The molecule has 0 radical (unpaired) electrons. The molecule has 2 aromatic carbocycles. The molecule has 0 unspecified atom stereocenters. The van der Waals surface area contributed by atoms with Crippen molar-refractivity contribution in [1.82, 2.24) is 5.32 Å². The van der Waals surface area contributed by atoms with Crippen LogP contribution >= 0.6 is 0 Å². The van der Waals surface area contributed by atoms with Gasteiger partial charge < -0.3 is 5.32 Å². The molecule has 0 aliphatic rings. The van der Waals surface area contributed by atoms with E-state index < -0.39 is 10.0 Å². The molecule has 2 aromatic rings. The van der Waals surface area contributed by atoms with Gasteiger partial charge in [0, 0.05) is 12.6 Å². The van der Waals surface area contributed by atoms with Crippen LogP contribution in [0.5, 0.6) is 0 Å². The highest BCUT2D eigenvalue weighted by molar-refractivity contribution is 7.92. The van der Waals surface area contributed by atoms with Crippen molar-refractivity contribution in [3.8, 4) is 0 Å². The average molecular weight is 375 g/mol. The molecule has 2 rings (SSSR count). The quantitative estimate of drug-likeness (QED) is 0.804. The largest absolute Gasteiger partial charge is 0.345 e. The van der Waals surface area contributed by atoms with Gasteiger partial charge in [0.25, 0.3) is 5.91 Å². The predicted octanol–water partition coefficient (Wildman–Crippen LogP) is 3.66. The minimum atomic E-state index is -3.31. The minimum absolute atomic E-state index is 0.0282. The number of carbonyl (C=O) groups excluding carboxylic acids is 1. The maximum atomic E-state index is 12.5. The number of sulfonamides is 1. The van der Waals surface area contributed by atoms with Crippen LogP contribution in [0.25, 0.3) is 0 Å². The average Bonchev–Trinajstić information content (AvgIpc) is 2.66. The Morgan fingerprint density at radius 2 is 1.62 bits per heavy atom. The van der Waals surface area contributed by atoms with Gasteiger partial charge in [0.2, 0.25) is 10.0 Å². The van der Waals surface area contributed by atoms with Crippen LogP contribution in [-0.4, -0.2) is 27.1 Å². The number of hydrogen-bond donors (Lipinski definition) is 1. The summed E-state index contributed by atoms with van der Waals surface area (Å²) >= 11 is 0. The number of amides is 1. The van der Waals surface area contributed by atoms with Gasteiger partial charge in [-0.2, -0.15) is 0 Å². The first-order valence-corrected chi connectivity index (χ1v) is 10.3. The van der Waals surface area contributed by atoms with Gasteiger partial charge in [-0.15, -0.1) is 0 Å². The van der Waals surface area contributed by atoms with Crippen LogP contribution in [0.3, 0.4) is 0 Å². The monoisotopic (exact) mass is 374 g/mol. The highest BCUT2D eigenvalue weighted by Gasteiger charge is 2.17. The predicted molar refractivity (Wildman–Crippen MR) is 106 cm³/mol. The number of nitrogens with zero attached hydrogens (tertiary/aromatic N) is 1. The molecule has 26 heavy (non-hydrogen) atoms.